The number of allylic oxidation sites excluding steroid dienone is 3. The molecule has 0 aromatic rings. The predicted molar refractivity (Wildman–Crippen MR) is 187 cm³/mol. The second-order valence-corrected chi connectivity index (χ2v) is 15.6. The van der Waals surface area contributed by atoms with Crippen molar-refractivity contribution in [2.75, 3.05) is 59.5 Å². The first-order valence-corrected chi connectivity index (χ1v) is 19.0. The van der Waals surface area contributed by atoms with Gasteiger partial charge in [-0.3, -0.25) is 0 Å². The maximum absolute atomic E-state index is 10.5. The number of ether oxygens (including phenoxy) is 6. The normalized spacial score (nSPS) is 33.7. The summed E-state index contributed by atoms with van der Waals surface area (Å²) >= 11 is 0. The minimum Gasteiger partial charge on any atom is -0.379 e. The molecule has 4 rings (SSSR count). The molecule has 268 valence electrons. The Balaban J connectivity index is 1.54. The third-order valence-electron chi connectivity index (χ3n) is 12.3. The highest BCUT2D eigenvalue weighted by Gasteiger charge is 2.60. The van der Waals surface area contributed by atoms with Crippen LogP contribution in [-0.2, 0) is 28.4 Å². The summed E-state index contributed by atoms with van der Waals surface area (Å²) < 4.78 is 36.3. The number of rotatable bonds is 20. The highest BCUT2D eigenvalue weighted by molar-refractivity contribution is 5.40. The molecule has 0 N–H and O–H groups in total. The van der Waals surface area contributed by atoms with Crippen molar-refractivity contribution >= 4 is 0 Å². The molecule has 0 saturated heterocycles. The monoisotopic (exact) mass is 657 g/mol. The van der Waals surface area contributed by atoms with Gasteiger partial charge in [0.15, 0.2) is 5.60 Å². The van der Waals surface area contributed by atoms with Crippen molar-refractivity contribution < 1.29 is 28.4 Å². The van der Waals surface area contributed by atoms with Crippen LogP contribution in [0.5, 0.6) is 0 Å². The van der Waals surface area contributed by atoms with Crippen molar-refractivity contribution in [1.82, 2.24) is 0 Å². The van der Waals surface area contributed by atoms with E-state index in [1.807, 2.05) is 20.8 Å². The van der Waals surface area contributed by atoms with Crippen LogP contribution >= 0.6 is 0 Å². The molecule has 0 aliphatic heterocycles. The standard InChI is InChI=1S/C40H67NO6/c1-9-42-18-21-45-32-24-31-12-13-33-35-15-14-34(30(6)27-40(28-41,26-29(4)5)47-23-20-44-11-3)38(35,7)17-16-36(33)39(31,8)37(25-32)46-22-19-43-10-2/h12-13,29-30,32,34-37H,9-11,14-27H2,1-8H3/t30-,32-,34-,35+,36+,37+,38-,39+,40?/m1/s1. The summed E-state index contributed by atoms with van der Waals surface area (Å²) in [5.74, 6) is 2.40. The Morgan fingerprint density at radius 1 is 0.830 bits per heavy atom. The lowest BCUT2D eigenvalue weighted by Crippen LogP contribution is -2.54. The van der Waals surface area contributed by atoms with Crippen molar-refractivity contribution in [1.29, 1.82) is 5.26 Å². The Morgan fingerprint density at radius 3 is 2.13 bits per heavy atom. The third kappa shape index (κ3) is 8.73. The topological polar surface area (TPSA) is 79.2 Å². The second-order valence-electron chi connectivity index (χ2n) is 15.6. The lowest BCUT2D eigenvalue weighted by Gasteiger charge is -2.57. The van der Waals surface area contributed by atoms with Crippen LogP contribution in [0.3, 0.4) is 0 Å². The maximum atomic E-state index is 10.5. The molecular weight excluding hydrogens is 590 g/mol. The molecular formula is C40H67NO6. The molecule has 7 nitrogen and oxygen atoms in total. The van der Waals surface area contributed by atoms with Crippen LogP contribution in [0.2, 0.25) is 0 Å². The lowest BCUT2D eigenvalue weighted by molar-refractivity contribution is -0.117. The van der Waals surface area contributed by atoms with Gasteiger partial charge in [-0.15, -0.1) is 0 Å². The molecule has 0 radical (unpaired) electrons. The zero-order valence-electron chi connectivity index (χ0n) is 31.1. The summed E-state index contributed by atoms with van der Waals surface area (Å²) in [6.45, 7) is 23.5. The summed E-state index contributed by atoms with van der Waals surface area (Å²) in [6, 6.07) is 2.66. The van der Waals surface area contributed by atoms with E-state index in [1.54, 1.807) is 5.57 Å². The third-order valence-corrected chi connectivity index (χ3v) is 12.3. The quantitative estimate of drug-likeness (QED) is 0.122. The number of fused-ring (bicyclic) bond motifs is 5. The van der Waals surface area contributed by atoms with Gasteiger partial charge < -0.3 is 28.4 Å². The van der Waals surface area contributed by atoms with E-state index >= 15 is 0 Å². The van der Waals surface area contributed by atoms with Crippen LogP contribution in [0.25, 0.3) is 0 Å². The van der Waals surface area contributed by atoms with Crippen LogP contribution < -0.4 is 0 Å². The van der Waals surface area contributed by atoms with Gasteiger partial charge in [0.1, 0.15) is 0 Å². The van der Waals surface area contributed by atoms with Crippen LogP contribution in [0.1, 0.15) is 107 Å². The van der Waals surface area contributed by atoms with E-state index in [4.69, 9.17) is 28.4 Å². The smallest absolute Gasteiger partial charge is 0.154 e. The first kappa shape index (κ1) is 38.5. The lowest BCUT2D eigenvalue weighted by atomic mass is 9.49. The first-order chi connectivity index (χ1) is 22.6. The molecule has 0 aromatic carbocycles. The van der Waals surface area contributed by atoms with E-state index in [2.05, 4.69) is 52.8 Å². The summed E-state index contributed by atoms with van der Waals surface area (Å²) in [5.41, 5.74) is 2.56. The highest BCUT2D eigenvalue weighted by atomic mass is 16.5. The Kier molecular flexibility index (Phi) is 14.4. The number of nitrogens with zero attached hydrogens (tertiary/aromatic N) is 1. The van der Waals surface area contributed by atoms with Gasteiger partial charge in [-0.1, -0.05) is 57.9 Å². The first-order valence-electron chi connectivity index (χ1n) is 19.0. The summed E-state index contributed by atoms with van der Waals surface area (Å²) in [6.07, 6.45) is 13.4. The van der Waals surface area contributed by atoms with E-state index in [1.165, 1.54) is 31.3 Å². The molecule has 0 aromatic heterocycles. The molecule has 4 aliphatic carbocycles. The van der Waals surface area contributed by atoms with Gasteiger partial charge in [0.25, 0.3) is 0 Å². The minimum atomic E-state index is -0.763. The molecule has 9 atom stereocenters. The van der Waals surface area contributed by atoms with Crippen LogP contribution in [-0.4, -0.2) is 77.3 Å². The molecule has 47 heavy (non-hydrogen) atoms. The fourth-order valence-electron chi connectivity index (χ4n) is 10.2. The molecule has 1 unspecified atom stereocenters. The average Bonchev–Trinajstić information content (AvgIpc) is 3.41. The molecule has 0 amide bonds. The molecule has 4 aliphatic rings. The number of hydrogen-bond donors (Lipinski definition) is 0. The van der Waals surface area contributed by atoms with Gasteiger partial charge in [0.2, 0.25) is 0 Å². The zero-order valence-corrected chi connectivity index (χ0v) is 31.1. The van der Waals surface area contributed by atoms with Gasteiger partial charge in [-0.25, -0.2) is 0 Å². The van der Waals surface area contributed by atoms with Crippen molar-refractivity contribution in [3.63, 3.8) is 0 Å². The zero-order chi connectivity index (χ0) is 34.1. The Labute approximate surface area is 287 Å². The van der Waals surface area contributed by atoms with E-state index in [-0.39, 0.29) is 23.0 Å². The molecule has 3 saturated carbocycles. The molecule has 3 fully saturated rings. The fraction of sp³-hybridized carbons (Fsp3) is 0.875. The van der Waals surface area contributed by atoms with Crippen molar-refractivity contribution in [2.24, 2.45) is 40.4 Å². The van der Waals surface area contributed by atoms with E-state index < -0.39 is 5.60 Å². The second kappa shape index (κ2) is 17.6. The average molecular weight is 658 g/mol. The minimum absolute atomic E-state index is 0.0390. The SMILES string of the molecule is CCOCCO[C@@H]1CC2=CC=C3[C@@H]4CC[C@H]([C@H](C)CC(C#N)(CC(C)C)OCCOCC)[C@@]4(C)CC[C@@H]3[C@@]2(C)[C@@H](OCCOCC)C1. The Hall–Kier alpha value is -1.27. The van der Waals surface area contributed by atoms with Gasteiger partial charge in [0.05, 0.1) is 57.9 Å². The molecule has 0 heterocycles. The van der Waals surface area contributed by atoms with Gasteiger partial charge in [0, 0.05) is 31.7 Å². The van der Waals surface area contributed by atoms with E-state index in [0.29, 0.717) is 82.4 Å². The van der Waals surface area contributed by atoms with Crippen LogP contribution in [0.4, 0.5) is 0 Å². The number of nitriles is 1. The summed E-state index contributed by atoms with van der Waals surface area (Å²) in [5, 5.41) is 10.5. The van der Waals surface area contributed by atoms with Crippen molar-refractivity contribution in [3.05, 3.63) is 23.3 Å². The highest BCUT2D eigenvalue weighted by Crippen LogP contribution is 2.66. The van der Waals surface area contributed by atoms with E-state index in [9.17, 15) is 5.26 Å². The molecule has 0 bridgehead atoms. The number of hydrogen-bond acceptors (Lipinski definition) is 7. The summed E-state index contributed by atoms with van der Waals surface area (Å²) in [4.78, 5) is 0. The van der Waals surface area contributed by atoms with Crippen LogP contribution in [0.15, 0.2) is 23.3 Å². The van der Waals surface area contributed by atoms with Crippen molar-refractivity contribution in [2.45, 2.75) is 125 Å². The summed E-state index contributed by atoms with van der Waals surface area (Å²) in [7, 11) is 0. The molecule has 0 spiro atoms. The van der Waals surface area contributed by atoms with E-state index in [0.717, 1.165) is 32.3 Å². The fourth-order valence-corrected chi connectivity index (χ4v) is 10.2. The van der Waals surface area contributed by atoms with Crippen LogP contribution in [0, 0.1) is 51.8 Å². The largest absolute Gasteiger partial charge is 0.379 e. The van der Waals surface area contributed by atoms with Crippen molar-refractivity contribution in [3.8, 4) is 6.07 Å². The van der Waals surface area contributed by atoms with Gasteiger partial charge >= 0.3 is 0 Å². The Bertz CT molecular complexity index is 1080. The molecule has 7 heteroatoms. The Morgan fingerprint density at radius 2 is 1.49 bits per heavy atom. The van der Waals surface area contributed by atoms with Gasteiger partial charge in [-0.2, -0.15) is 5.26 Å². The predicted octanol–water partition coefficient (Wildman–Crippen LogP) is 8.33. The van der Waals surface area contributed by atoms with Gasteiger partial charge in [-0.05, 0) is 101 Å². The maximum Gasteiger partial charge on any atom is 0.154 e.